The molecule has 2 aromatic carbocycles. The number of nitrogens with one attached hydrogen (secondary N) is 1. The topological polar surface area (TPSA) is 97.0 Å². The summed E-state index contributed by atoms with van der Waals surface area (Å²) < 4.78 is 23.0. The van der Waals surface area contributed by atoms with Crippen LogP contribution in [0.4, 0.5) is 4.39 Å². The monoisotopic (exact) mass is 547 g/mol. The number of carbonyl (C=O) groups excluding carboxylic acids is 1. The highest BCUT2D eigenvalue weighted by Gasteiger charge is 2.27. The summed E-state index contributed by atoms with van der Waals surface area (Å²) in [6, 6.07) is 15.3. The Morgan fingerprint density at radius 3 is 2.75 bits per heavy atom. The molecular formula is C26H19BrFN5O3. The lowest BCUT2D eigenvalue weighted by atomic mass is 10.0. The molecule has 1 aliphatic rings. The molecule has 1 amide bonds. The van der Waals surface area contributed by atoms with Crippen molar-refractivity contribution in [3.63, 3.8) is 0 Å². The average Bonchev–Trinajstić information content (AvgIpc) is 3.52. The molecule has 180 valence electrons. The maximum Gasteiger partial charge on any atom is 0.272 e. The van der Waals surface area contributed by atoms with E-state index in [1.807, 2.05) is 22.8 Å². The Hall–Kier alpha value is -4.05. The number of rotatable bonds is 4. The minimum atomic E-state index is -0.580. The first-order valence-electron chi connectivity index (χ1n) is 11.3. The molecular weight excluding hydrogens is 529 g/mol. The van der Waals surface area contributed by atoms with Crippen molar-refractivity contribution in [2.24, 2.45) is 0 Å². The number of aromatic amines is 1. The SMILES string of the molecule is O=C(c1cc(Cc2n[nH]c(=O)c3ccccc23)ccc1F)N1CCn2c(cnc2-c2ccc(Br)o2)C1. The summed E-state index contributed by atoms with van der Waals surface area (Å²) in [6.45, 7) is 1.24. The molecule has 0 bridgehead atoms. The maximum atomic E-state index is 14.8. The van der Waals surface area contributed by atoms with Crippen LogP contribution in [0.15, 0.2) is 74.7 Å². The molecule has 1 aliphatic heterocycles. The molecule has 0 atom stereocenters. The second-order valence-electron chi connectivity index (χ2n) is 8.59. The Kier molecular flexibility index (Phi) is 5.52. The highest BCUT2D eigenvalue weighted by Crippen LogP contribution is 2.28. The molecule has 0 unspecified atom stereocenters. The van der Waals surface area contributed by atoms with E-state index in [2.05, 4.69) is 31.1 Å². The van der Waals surface area contributed by atoms with Gasteiger partial charge in [-0.05, 0) is 51.8 Å². The highest BCUT2D eigenvalue weighted by molar-refractivity contribution is 9.10. The van der Waals surface area contributed by atoms with Crippen LogP contribution in [0.2, 0.25) is 0 Å². The average molecular weight is 548 g/mol. The number of hydrogen-bond acceptors (Lipinski definition) is 5. The summed E-state index contributed by atoms with van der Waals surface area (Å²) in [6.07, 6.45) is 2.05. The fraction of sp³-hybridized carbons (Fsp3) is 0.154. The molecule has 36 heavy (non-hydrogen) atoms. The third kappa shape index (κ3) is 3.93. The fourth-order valence-corrected chi connectivity index (χ4v) is 4.91. The summed E-state index contributed by atoms with van der Waals surface area (Å²) in [7, 11) is 0. The Morgan fingerprint density at radius 2 is 1.94 bits per heavy atom. The van der Waals surface area contributed by atoms with Crippen molar-refractivity contribution >= 4 is 32.6 Å². The number of H-pyrrole nitrogens is 1. The molecule has 8 nitrogen and oxygen atoms in total. The lowest BCUT2D eigenvalue weighted by Gasteiger charge is -2.29. The molecule has 0 fully saturated rings. The lowest BCUT2D eigenvalue weighted by molar-refractivity contribution is 0.0706. The molecule has 0 spiro atoms. The number of carbonyl (C=O) groups is 1. The molecule has 1 N–H and O–H groups in total. The molecule has 3 aromatic heterocycles. The van der Waals surface area contributed by atoms with E-state index in [9.17, 15) is 14.0 Å². The van der Waals surface area contributed by atoms with Gasteiger partial charge in [-0.15, -0.1) is 0 Å². The fourth-order valence-electron chi connectivity index (χ4n) is 4.60. The normalized spacial score (nSPS) is 13.2. The molecule has 0 saturated heterocycles. The number of benzene rings is 2. The van der Waals surface area contributed by atoms with Gasteiger partial charge in [0.1, 0.15) is 5.82 Å². The van der Waals surface area contributed by atoms with Gasteiger partial charge in [0.25, 0.3) is 11.5 Å². The predicted octanol–water partition coefficient (Wildman–Crippen LogP) is 4.53. The van der Waals surface area contributed by atoms with Gasteiger partial charge in [0.2, 0.25) is 0 Å². The van der Waals surface area contributed by atoms with Gasteiger partial charge < -0.3 is 13.9 Å². The van der Waals surface area contributed by atoms with Crippen molar-refractivity contribution < 1.29 is 13.6 Å². The van der Waals surface area contributed by atoms with Crippen molar-refractivity contribution in [1.82, 2.24) is 24.6 Å². The van der Waals surface area contributed by atoms with E-state index in [0.717, 1.165) is 16.6 Å². The van der Waals surface area contributed by atoms with E-state index in [4.69, 9.17) is 4.42 Å². The first-order chi connectivity index (χ1) is 17.5. The van der Waals surface area contributed by atoms with Crippen LogP contribution in [-0.2, 0) is 19.5 Å². The molecule has 0 saturated carbocycles. The highest BCUT2D eigenvalue weighted by atomic mass is 79.9. The van der Waals surface area contributed by atoms with Crippen molar-refractivity contribution in [1.29, 1.82) is 0 Å². The molecule has 0 radical (unpaired) electrons. The number of imidazole rings is 1. The third-order valence-electron chi connectivity index (χ3n) is 6.37. The lowest BCUT2D eigenvalue weighted by Crippen LogP contribution is -2.38. The Bertz CT molecular complexity index is 1690. The third-order valence-corrected chi connectivity index (χ3v) is 6.80. The van der Waals surface area contributed by atoms with Gasteiger partial charge in [-0.2, -0.15) is 5.10 Å². The zero-order chi connectivity index (χ0) is 24.8. The van der Waals surface area contributed by atoms with E-state index in [0.29, 0.717) is 53.4 Å². The first kappa shape index (κ1) is 22.4. The van der Waals surface area contributed by atoms with Crippen LogP contribution in [0.25, 0.3) is 22.4 Å². The van der Waals surface area contributed by atoms with E-state index in [1.165, 1.54) is 6.07 Å². The van der Waals surface area contributed by atoms with Gasteiger partial charge in [-0.3, -0.25) is 9.59 Å². The summed E-state index contributed by atoms with van der Waals surface area (Å²) in [5, 5.41) is 7.97. The second kappa shape index (κ2) is 8.87. The molecule has 0 aliphatic carbocycles. The van der Waals surface area contributed by atoms with Crippen LogP contribution in [0.3, 0.4) is 0 Å². The largest absolute Gasteiger partial charge is 0.446 e. The van der Waals surface area contributed by atoms with Gasteiger partial charge in [-0.1, -0.05) is 24.3 Å². The van der Waals surface area contributed by atoms with Crippen molar-refractivity contribution in [3.05, 3.63) is 104 Å². The molecule has 10 heteroatoms. The van der Waals surface area contributed by atoms with Crippen LogP contribution in [-0.4, -0.2) is 37.1 Å². The standard InChI is InChI=1S/C26H19BrFN5O3/c27-23-8-7-22(36-23)24-29-13-16-14-32(9-10-33(16)24)26(35)19-11-15(5-6-20(19)28)12-21-17-3-1-2-4-18(17)25(34)31-30-21/h1-8,11,13H,9-10,12,14H2,(H,31,34). The Morgan fingerprint density at radius 1 is 1.11 bits per heavy atom. The number of aromatic nitrogens is 4. The van der Waals surface area contributed by atoms with E-state index >= 15 is 0 Å². The van der Waals surface area contributed by atoms with E-state index in [1.54, 1.807) is 41.4 Å². The van der Waals surface area contributed by atoms with Gasteiger partial charge >= 0.3 is 0 Å². The molecule has 5 aromatic rings. The second-order valence-corrected chi connectivity index (χ2v) is 9.37. The predicted molar refractivity (Wildman–Crippen MR) is 134 cm³/mol. The molecule has 6 rings (SSSR count). The van der Waals surface area contributed by atoms with Crippen LogP contribution in [0.1, 0.15) is 27.3 Å². The smallest absolute Gasteiger partial charge is 0.272 e. The quantitative estimate of drug-likeness (QED) is 0.356. The molecule has 4 heterocycles. The van der Waals surface area contributed by atoms with Gasteiger partial charge in [0.05, 0.1) is 35.1 Å². The number of amides is 1. The Balaban J connectivity index is 1.26. The van der Waals surface area contributed by atoms with Crippen LogP contribution >= 0.6 is 15.9 Å². The minimum absolute atomic E-state index is 0.00406. The van der Waals surface area contributed by atoms with E-state index in [-0.39, 0.29) is 17.0 Å². The summed E-state index contributed by atoms with van der Waals surface area (Å²) in [5.41, 5.74) is 1.95. The zero-order valence-corrected chi connectivity index (χ0v) is 20.5. The van der Waals surface area contributed by atoms with Crippen LogP contribution < -0.4 is 5.56 Å². The number of fused-ring (bicyclic) bond motifs is 2. The summed E-state index contributed by atoms with van der Waals surface area (Å²) in [4.78, 5) is 31.5. The number of hydrogen-bond donors (Lipinski definition) is 1. The number of halogens is 2. The van der Waals surface area contributed by atoms with Gasteiger partial charge in [0.15, 0.2) is 16.3 Å². The zero-order valence-electron chi connectivity index (χ0n) is 18.9. The van der Waals surface area contributed by atoms with Crippen molar-refractivity contribution in [3.8, 4) is 11.6 Å². The van der Waals surface area contributed by atoms with E-state index < -0.39 is 5.82 Å². The van der Waals surface area contributed by atoms with Crippen molar-refractivity contribution in [2.45, 2.75) is 19.5 Å². The minimum Gasteiger partial charge on any atom is -0.446 e. The maximum absolute atomic E-state index is 14.8. The van der Waals surface area contributed by atoms with Gasteiger partial charge in [0, 0.05) is 24.9 Å². The summed E-state index contributed by atoms with van der Waals surface area (Å²) >= 11 is 3.30. The number of nitrogens with zero attached hydrogens (tertiary/aromatic N) is 4. The Labute approximate surface area is 212 Å². The van der Waals surface area contributed by atoms with Crippen LogP contribution in [0, 0.1) is 5.82 Å². The number of furan rings is 1. The van der Waals surface area contributed by atoms with Crippen molar-refractivity contribution in [2.75, 3.05) is 6.54 Å². The van der Waals surface area contributed by atoms with Gasteiger partial charge in [-0.25, -0.2) is 14.5 Å². The summed E-state index contributed by atoms with van der Waals surface area (Å²) in [5.74, 6) is 0.360. The first-order valence-corrected chi connectivity index (χ1v) is 12.1. The van der Waals surface area contributed by atoms with Crippen LogP contribution in [0.5, 0.6) is 0 Å².